The van der Waals surface area contributed by atoms with Crippen LogP contribution in [0.1, 0.15) is 30.7 Å². The normalized spacial score (nSPS) is 17.1. The van der Waals surface area contributed by atoms with E-state index in [0.29, 0.717) is 12.7 Å². The molecule has 0 aliphatic heterocycles. The number of hydrogen-bond acceptors (Lipinski definition) is 2. The predicted octanol–water partition coefficient (Wildman–Crippen LogP) is 2.56. The van der Waals surface area contributed by atoms with Crippen molar-refractivity contribution in [1.82, 2.24) is 9.78 Å². The first-order valence-electron chi connectivity index (χ1n) is 4.98. The van der Waals surface area contributed by atoms with E-state index >= 15 is 0 Å². The van der Waals surface area contributed by atoms with Gasteiger partial charge in [-0.1, -0.05) is 0 Å². The molecule has 0 N–H and O–H groups in total. The van der Waals surface area contributed by atoms with Crippen molar-refractivity contribution in [3.8, 4) is 0 Å². The molecule has 0 bridgehead atoms. The molecule has 0 radical (unpaired) electrons. The summed E-state index contributed by atoms with van der Waals surface area (Å²) in [5, 5.41) is 4.32. The molecule has 0 unspecified atom stereocenters. The van der Waals surface area contributed by atoms with E-state index in [0.717, 1.165) is 15.9 Å². The Morgan fingerprint density at radius 3 is 2.71 bits per heavy atom. The third-order valence-electron chi connectivity index (χ3n) is 2.77. The number of halogens is 1. The average molecular weight is 259 g/mol. The van der Waals surface area contributed by atoms with Crippen LogP contribution in [-0.4, -0.2) is 15.9 Å². The van der Waals surface area contributed by atoms with Crippen molar-refractivity contribution in [2.45, 2.75) is 38.9 Å². The van der Waals surface area contributed by atoms with Crippen molar-refractivity contribution in [3.63, 3.8) is 0 Å². The third-order valence-corrected chi connectivity index (χ3v) is 3.80. The van der Waals surface area contributed by atoms with Gasteiger partial charge < -0.3 is 4.74 Å². The molecule has 4 heteroatoms. The number of nitrogens with zero attached hydrogens (tertiary/aromatic N) is 2. The Hall–Kier alpha value is -0.350. The maximum absolute atomic E-state index is 5.75. The fourth-order valence-corrected chi connectivity index (χ4v) is 2.02. The van der Waals surface area contributed by atoms with Gasteiger partial charge in [-0.05, 0) is 42.1 Å². The molecule has 1 saturated carbocycles. The van der Waals surface area contributed by atoms with Crippen LogP contribution >= 0.6 is 15.9 Å². The fourth-order valence-electron chi connectivity index (χ4n) is 1.57. The van der Waals surface area contributed by atoms with E-state index in [1.807, 2.05) is 18.7 Å². The van der Waals surface area contributed by atoms with Crippen LogP contribution in [0.2, 0.25) is 0 Å². The minimum Gasteiger partial charge on any atom is -0.372 e. The lowest BCUT2D eigenvalue weighted by Gasteiger charge is -2.25. The molecule has 1 heterocycles. The summed E-state index contributed by atoms with van der Waals surface area (Å²) in [7, 11) is 1.96. The highest BCUT2D eigenvalue weighted by atomic mass is 79.9. The average Bonchev–Trinajstić information content (AvgIpc) is 2.28. The van der Waals surface area contributed by atoms with Crippen LogP contribution in [0.5, 0.6) is 0 Å². The Balaban J connectivity index is 2.00. The van der Waals surface area contributed by atoms with Crippen molar-refractivity contribution in [2.75, 3.05) is 0 Å². The van der Waals surface area contributed by atoms with E-state index in [9.17, 15) is 0 Å². The van der Waals surface area contributed by atoms with Crippen molar-refractivity contribution >= 4 is 15.9 Å². The topological polar surface area (TPSA) is 27.1 Å². The van der Waals surface area contributed by atoms with Gasteiger partial charge >= 0.3 is 0 Å². The van der Waals surface area contributed by atoms with Crippen LogP contribution in [0.4, 0.5) is 0 Å². The van der Waals surface area contributed by atoms with Crippen molar-refractivity contribution in [2.24, 2.45) is 7.05 Å². The summed E-state index contributed by atoms with van der Waals surface area (Å²) in [6.45, 7) is 2.67. The lowest BCUT2D eigenvalue weighted by Crippen LogP contribution is -2.21. The summed E-state index contributed by atoms with van der Waals surface area (Å²) in [5.74, 6) is 0. The van der Waals surface area contributed by atoms with Gasteiger partial charge in [-0.2, -0.15) is 5.10 Å². The molecule has 14 heavy (non-hydrogen) atoms. The Morgan fingerprint density at radius 1 is 1.57 bits per heavy atom. The molecule has 3 nitrogen and oxygen atoms in total. The summed E-state index contributed by atoms with van der Waals surface area (Å²) in [4.78, 5) is 0. The van der Waals surface area contributed by atoms with Gasteiger partial charge in [0.15, 0.2) is 0 Å². The van der Waals surface area contributed by atoms with E-state index in [2.05, 4.69) is 21.0 Å². The van der Waals surface area contributed by atoms with Gasteiger partial charge in [-0.25, -0.2) is 0 Å². The first kappa shape index (κ1) is 10.2. The summed E-state index contributed by atoms with van der Waals surface area (Å²) in [6, 6.07) is 0. The molecule has 1 aromatic heterocycles. The molecule has 0 atom stereocenters. The lowest BCUT2D eigenvalue weighted by molar-refractivity contribution is -0.0115. The van der Waals surface area contributed by atoms with Crippen LogP contribution in [-0.2, 0) is 18.4 Å². The predicted molar refractivity (Wildman–Crippen MR) is 58.1 cm³/mol. The van der Waals surface area contributed by atoms with E-state index < -0.39 is 0 Å². The Morgan fingerprint density at radius 2 is 2.29 bits per heavy atom. The molecule has 0 amide bonds. The van der Waals surface area contributed by atoms with Crippen LogP contribution in [0, 0.1) is 6.92 Å². The fraction of sp³-hybridized carbons (Fsp3) is 0.700. The number of ether oxygens (including phenoxy) is 1. The zero-order valence-corrected chi connectivity index (χ0v) is 10.2. The number of aromatic nitrogens is 2. The molecule has 0 saturated heterocycles. The van der Waals surface area contributed by atoms with Gasteiger partial charge in [0.05, 0.1) is 28.6 Å². The number of aryl methyl sites for hydroxylation is 2. The first-order chi connectivity index (χ1) is 6.68. The molecular weight excluding hydrogens is 244 g/mol. The quantitative estimate of drug-likeness (QED) is 0.834. The molecule has 78 valence electrons. The SMILES string of the molecule is Cc1nn(C)c(COC2CCC2)c1Br. The van der Waals surface area contributed by atoms with Gasteiger partial charge in [0, 0.05) is 7.05 Å². The van der Waals surface area contributed by atoms with E-state index in [1.165, 1.54) is 19.3 Å². The second-order valence-corrected chi connectivity index (χ2v) is 4.63. The van der Waals surface area contributed by atoms with Gasteiger partial charge in [-0.3, -0.25) is 4.68 Å². The zero-order valence-electron chi connectivity index (χ0n) is 8.59. The standard InChI is InChI=1S/C10H15BrN2O/c1-7-10(11)9(13(2)12-7)6-14-8-4-3-5-8/h8H,3-6H2,1-2H3. The van der Waals surface area contributed by atoms with Crippen LogP contribution < -0.4 is 0 Å². The monoisotopic (exact) mass is 258 g/mol. The number of hydrogen-bond donors (Lipinski definition) is 0. The Labute approximate surface area is 92.6 Å². The maximum Gasteiger partial charge on any atom is 0.0900 e. The van der Waals surface area contributed by atoms with Crippen LogP contribution in [0.3, 0.4) is 0 Å². The van der Waals surface area contributed by atoms with Gasteiger partial charge in [0.1, 0.15) is 0 Å². The molecule has 1 fully saturated rings. The van der Waals surface area contributed by atoms with E-state index in [1.54, 1.807) is 0 Å². The highest BCUT2D eigenvalue weighted by Gasteiger charge is 2.19. The second-order valence-electron chi connectivity index (χ2n) is 3.83. The summed E-state index contributed by atoms with van der Waals surface area (Å²) in [6.07, 6.45) is 4.23. The largest absolute Gasteiger partial charge is 0.372 e. The van der Waals surface area contributed by atoms with Crippen molar-refractivity contribution < 1.29 is 4.74 Å². The summed E-state index contributed by atoms with van der Waals surface area (Å²) >= 11 is 3.53. The first-order valence-corrected chi connectivity index (χ1v) is 5.77. The molecule has 0 spiro atoms. The summed E-state index contributed by atoms with van der Waals surface area (Å²) in [5.41, 5.74) is 2.16. The smallest absolute Gasteiger partial charge is 0.0900 e. The van der Waals surface area contributed by atoms with Gasteiger partial charge in [-0.15, -0.1) is 0 Å². The van der Waals surface area contributed by atoms with Crippen molar-refractivity contribution in [1.29, 1.82) is 0 Å². The summed E-state index contributed by atoms with van der Waals surface area (Å²) < 4.78 is 8.72. The van der Waals surface area contributed by atoms with Crippen molar-refractivity contribution in [3.05, 3.63) is 15.9 Å². The molecule has 1 aliphatic rings. The minimum atomic E-state index is 0.483. The highest BCUT2D eigenvalue weighted by Crippen LogP contribution is 2.26. The molecule has 1 aliphatic carbocycles. The maximum atomic E-state index is 5.75. The zero-order chi connectivity index (χ0) is 10.1. The van der Waals surface area contributed by atoms with E-state index in [4.69, 9.17) is 4.74 Å². The van der Waals surface area contributed by atoms with E-state index in [-0.39, 0.29) is 0 Å². The van der Waals surface area contributed by atoms with Crippen LogP contribution in [0.15, 0.2) is 4.47 Å². The van der Waals surface area contributed by atoms with Crippen LogP contribution in [0.25, 0.3) is 0 Å². The molecule has 1 aromatic rings. The lowest BCUT2D eigenvalue weighted by atomic mass is 9.96. The minimum absolute atomic E-state index is 0.483. The number of rotatable bonds is 3. The third kappa shape index (κ3) is 1.86. The Bertz CT molecular complexity index is 331. The Kier molecular flexibility index (Phi) is 2.93. The highest BCUT2D eigenvalue weighted by molar-refractivity contribution is 9.10. The van der Waals surface area contributed by atoms with Gasteiger partial charge in [0.25, 0.3) is 0 Å². The molecular formula is C10H15BrN2O. The molecule has 0 aromatic carbocycles. The van der Waals surface area contributed by atoms with Gasteiger partial charge in [0.2, 0.25) is 0 Å². The second kappa shape index (κ2) is 4.03. The molecule has 2 rings (SSSR count).